The van der Waals surface area contributed by atoms with Gasteiger partial charge in [-0.1, -0.05) is 6.07 Å². The molecule has 0 aromatic carbocycles. The predicted molar refractivity (Wildman–Crippen MR) is 93.1 cm³/mol. The number of hydrogen-bond acceptors (Lipinski definition) is 5. The van der Waals surface area contributed by atoms with Gasteiger partial charge in [0.05, 0.1) is 12.0 Å². The third kappa shape index (κ3) is 2.59. The Kier molecular flexibility index (Phi) is 3.63. The second-order valence-corrected chi connectivity index (χ2v) is 7.84. The van der Waals surface area contributed by atoms with Gasteiger partial charge in [0.1, 0.15) is 0 Å². The lowest BCUT2D eigenvalue weighted by molar-refractivity contribution is -0.128. The van der Waals surface area contributed by atoms with Gasteiger partial charge in [-0.3, -0.25) is 14.5 Å². The van der Waals surface area contributed by atoms with Crippen LogP contribution in [0.25, 0.3) is 5.57 Å². The van der Waals surface area contributed by atoms with E-state index in [2.05, 4.69) is 16.9 Å². The quantitative estimate of drug-likeness (QED) is 0.859. The Balaban J connectivity index is 1.91. The van der Waals surface area contributed by atoms with E-state index in [1.165, 1.54) is 11.0 Å². The minimum absolute atomic E-state index is 0.0246. The van der Waals surface area contributed by atoms with E-state index in [1.54, 1.807) is 24.9 Å². The van der Waals surface area contributed by atoms with Crippen LogP contribution in [-0.2, 0) is 4.79 Å². The normalized spacial score (nSPS) is 31.1. The Hall–Kier alpha value is -2.02. The standard InChI is InChI=1S/C16H20N4O2S/c1-15(8-13(22)20(3)14(17)19-15)16(2)7-10(9-23-16)11-5-4-6-12(21)18-11/h4-6,9H,7-8H2,1-3H3,(H2,17,19)(H,18,21)/t15-,16?/m0/s1. The topological polar surface area (TPSA) is 91.5 Å². The summed E-state index contributed by atoms with van der Waals surface area (Å²) in [6.07, 6.45) is 1.03. The molecule has 23 heavy (non-hydrogen) atoms. The van der Waals surface area contributed by atoms with Crippen molar-refractivity contribution in [2.45, 2.75) is 37.0 Å². The van der Waals surface area contributed by atoms with Crippen LogP contribution in [0, 0.1) is 0 Å². The van der Waals surface area contributed by atoms with Gasteiger partial charge in [0, 0.05) is 23.6 Å². The summed E-state index contributed by atoms with van der Waals surface area (Å²) in [5.41, 5.74) is 7.08. The van der Waals surface area contributed by atoms with Gasteiger partial charge in [-0.2, -0.15) is 0 Å². The van der Waals surface area contributed by atoms with Crippen LogP contribution in [0.4, 0.5) is 0 Å². The maximum Gasteiger partial charge on any atom is 0.248 e. The van der Waals surface area contributed by atoms with Gasteiger partial charge in [0.15, 0.2) is 5.96 Å². The van der Waals surface area contributed by atoms with E-state index in [1.807, 2.05) is 18.4 Å². The highest BCUT2D eigenvalue weighted by Crippen LogP contribution is 2.53. The summed E-state index contributed by atoms with van der Waals surface area (Å²) in [4.78, 5) is 32.6. The number of allylic oxidation sites excluding steroid dienone is 1. The lowest BCUT2D eigenvalue weighted by Crippen LogP contribution is -2.55. The van der Waals surface area contributed by atoms with Crippen molar-refractivity contribution in [2.24, 2.45) is 10.7 Å². The SMILES string of the molecule is CN1C(=O)C[C@@](C)(C2(C)CC(c3cccc(=O)[nH]3)=CS2)N=C1N. The van der Waals surface area contributed by atoms with Gasteiger partial charge in [-0.15, -0.1) is 11.8 Å². The molecule has 1 aromatic rings. The fourth-order valence-electron chi connectivity index (χ4n) is 2.97. The number of aromatic amines is 1. The fourth-order valence-corrected chi connectivity index (χ4v) is 4.20. The molecule has 3 rings (SSSR count). The van der Waals surface area contributed by atoms with Crippen molar-refractivity contribution in [1.29, 1.82) is 0 Å². The van der Waals surface area contributed by atoms with E-state index in [0.29, 0.717) is 12.8 Å². The number of carbonyl (C=O) groups is 1. The molecule has 0 bridgehead atoms. The van der Waals surface area contributed by atoms with Crippen LogP contribution in [0.2, 0.25) is 0 Å². The number of guanidine groups is 1. The summed E-state index contributed by atoms with van der Waals surface area (Å²) in [7, 11) is 1.64. The lowest BCUT2D eigenvalue weighted by Gasteiger charge is -2.44. The first-order valence-electron chi connectivity index (χ1n) is 7.43. The third-order valence-electron chi connectivity index (χ3n) is 4.82. The molecular weight excluding hydrogens is 312 g/mol. The fraction of sp³-hybridized carbons (Fsp3) is 0.438. The molecule has 2 aliphatic heterocycles. The van der Waals surface area contributed by atoms with Crippen LogP contribution in [0.5, 0.6) is 0 Å². The molecule has 0 saturated carbocycles. The van der Waals surface area contributed by atoms with Crippen molar-refractivity contribution in [1.82, 2.24) is 9.88 Å². The monoisotopic (exact) mass is 332 g/mol. The zero-order valence-corrected chi connectivity index (χ0v) is 14.2. The molecular formula is C16H20N4O2S. The first-order chi connectivity index (χ1) is 10.7. The molecule has 3 heterocycles. The highest BCUT2D eigenvalue weighted by atomic mass is 32.2. The molecule has 0 fully saturated rings. The van der Waals surface area contributed by atoms with Crippen LogP contribution in [-0.4, -0.2) is 39.1 Å². The molecule has 1 aromatic heterocycles. The van der Waals surface area contributed by atoms with Gasteiger partial charge < -0.3 is 10.7 Å². The highest BCUT2D eigenvalue weighted by Gasteiger charge is 2.51. The zero-order valence-electron chi connectivity index (χ0n) is 13.4. The maximum atomic E-state index is 12.2. The average Bonchev–Trinajstić information content (AvgIpc) is 2.89. The summed E-state index contributed by atoms with van der Waals surface area (Å²) >= 11 is 1.65. The van der Waals surface area contributed by atoms with Gasteiger partial charge in [0.25, 0.3) is 0 Å². The van der Waals surface area contributed by atoms with Crippen LogP contribution >= 0.6 is 11.8 Å². The van der Waals surface area contributed by atoms with Crippen molar-refractivity contribution in [2.75, 3.05) is 7.05 Å². The molecule has 0 radical (unpaired) electrons. The van der Waals surface area contributed by atoms with Crippen molar-refractivity contribution in [3.63, 3.8) is 0 Å². The van der Waals surface area contributed by atoms with Crippen LogP contribution in [0.15, 0.2) is 33.4 Å². The van der Waals surface area contributed by atoms with E-state index in [-0.39, 0.29) is 22.2 Å². The summed E-state index contributed by atoms with van der Waals surface area (Å²) in [6, 6.07) is 5.12. The minimum atomic E-state index is -0.585. The first kappa shape index (κ1) is 15.9. The number of carbonyl (C=O) groups excluding carboxylic acids is 1. The Labute approximate surface area is 138 Å². The number of H-pyrrole nitrogens is 1. The number of hydrogen-bond donors (Lipinski definition) is 2. The van der Waals surface area contributed by atoms with Crippen molar-refractivity contribution in [3.8, 4) is 0 Å². The molecule has 0 saturated heterocycles. The molecule has 0 aliphatic carbocycles. The Morgan fingerprint density at radius 3 is 2.70 bits per heavy atom. The predicted octanol–water partition coefficient (Wildman–Crippen LogP) is 1.55. The number of aliphatic imine (C=N–C) groups is 1. The Morgan fingerprint density at radius 2 is 2.04 bits per heavy atom. The van der Waals surface area contributed by atoms with Gasteiger partial charge in [-0.25, -0.2) is 4.99 Å². The number of aromatic nitrogens is 1. The molecule has 122 valence electrons. The average molecular weight is 332 g/mol. The van der Waals surface area contributed by atoms with Gasteiger partial charge in [0.2, 0.25) is 11.5 Å². The van der Waals surface area contributed by atoms with Crippen molar-refractivity contribution in [3.05, 3.63) is 39.7 Å². The van der Waals surface area contributed by atoms with Gasteiger partial charge >= 0.3 is 0 Å². The summed E-state index contributed by atoms with van der Waals surface area (Å²) in [5, 5.41) is 2.05. The number of thioether (sulfide) groups is 1. The molecule has 2 atom stereocenters. The van der Waals surface area contributed by atoms with E-state index in [9.17, 15) is 9.59 Å². The lowest BCUT2D eigenvalue weighted by atomic mass is 9.78. The number of amides is 1. The number of nitrogens with one attached hydrogen (secondary N) is 1. The number of rotatable bonds is 2. The van der Waals surface area contributed by atoms with Crippen molar-refractivity contribution >= 4 is 29.2 Å². The number of pyridine rings is 1. The molecule has 2 aliphatic rings. The summed E-state index contributed by atoms with van der Waals surface area (Å²) in [6.45, 7) is 4.07. The first-order valence-corrected chi connectivity index (χ1v) is 8.30. The van der Waals surface area contributed by atoms with Crippen LogP contribution in [0.3, 0.4) is 0 Å². The summed E-state index contributed by atoms with van der Waals surface area (Å²) in [5.74, 6) is 0.232. The van der Waals surface area contributed by atoms with Crippen LogP contribution < -0.4 is 11.3 Å². The molecule has 0 spiro atoms. The number of nitrogens with zero attached hydrogens (tertiary/aromatic N) is 2. The second kappa shape index (κ2) is 5.26. The van der Waals surface area contributed by atoms with Crippen molar-refractivity contribution < 1.29 is 4.79 Å². The molecule has 7 heteroatoms. The van der Waals surface area contributed by atoms with E-state index in [0.717, 1.165) is 11.3 Å². The van der Waals surface area contributed by atoms with Crippen LogP contribution in [0.1, 0.15) is 32.4 Å². The smallest absolute Gasteiger partial charge is 0.248 e. The Bertz CT molecular complexity index is 784. The third-order valence-corrected chi connectivity index (χ3v) is 6.32. The Morgan fingerprint density at radius 1 is 1.30 bits per heavy atom. The van der Waals surface area contributed by atoms with E-state index in [4.69, 9.17) is 5.73 Å². The molecule has 3 N–H and O–H groups in total. The zero-order chi connectivity index (χ0) is 16.8. The highest BCUT2D eigenvalue weighted by molar-refractivity contribution is 8.04. The van der Waals surface area contributed by atoms with Gasteiger partial charge in [-0.05, 0) is 37.3 Å². The largest absolute Gasteiger partial charge is 0.369 e. The number of nitrogens with two attached hydrogens (primary N) is 1. The van der Waals surface area contributed by atoms with E-state index >= 15 is 0 Å². The summed E-state index contributed by atoms with van der Waals surface area (Å²) < 4.78 is -0.295. The maximum absolute atomic E-state index is 12.2. The molecule has 1 unspecified atom stereocenters. The molecule has 6 nitrogen and oxygen atoms in total. The molecule has 1 amide bonds. The minimum Gasteiger partial charge on any atom is -0.369 e. The second-order valence-electron chi connectivity index (χ2n) is 6.47. The van der Waals surface area contributed by atoms with E-state index < -0.39 is 5.54 Å².